The number of urea groups is 1. The molecule has 140 valence electrons. The number of aryl methyl sites for hydroxylation is 1. The molecule has 1 aromatic heterocycles. The molecule has 0 aliphatic rings. The van der Waals surface area contributed by atoms with Crippen molar-refractivity contribution < 1.29 is 9.53 Å². The zero-order valence-electron chi connectivity index (χ0n) is 15.2. The van der Waals surface area contributed by atoms with E-state index in [1.165, 1.54) is 0 Å². The molecule has 27 heavy (non-hydrogen) atoms. The summed E-state index contributed by atoms with van der Waals surface area (Å²) < 4.78 is 7.44. The van der Waals surface area contributed by atoms with E-state index in [0.717, 1.165) is 11.4 Å². The van der Waals surface area contributed by atoms with Gasteiger partial charge < -0.3 is 15.0 Å². The lowest BCUT2D eigenvalue weighted by Crippen LogP contribution is -2.34. The highest BCUT2D eigenvalue weighted by Crippen LogP contribution is 2.18. The van der Waals surface area contributed by atoms with E-state index < -0.39 is 0 Å². The van der Waals surface area contributed by atoms with Crippen LogP contribution in [-0.4, -0.2) is 40.9 Å². The van der Waals surface area contributed by atoms with Crippen molar-refractivity contribution in [2.24, 2.45) is 0 Å². The van der Waals surface area contributed by atoms with Crippen molar-refractivity contribution in [2.75, 3.05) is 25.5 Å². The van der Waals surface area contributed by atoms with Crippen LogP contribution in [-0.2, 0) is 0 Å². The van der Waals surface area contributed by atoms with Gasteiger partial charge in [-0.15, -0.1) is 0 Å². The molecule has 0 fully saturated rings. The number of carbonyl (C=O) groups is 1. The van der Waals surface area contributed by atoms with Gasteiger partial charge in [0.25, 0.3) is 0 Å². The molecule has 6 nitrogen and oxygen atoms in total. The molecule has 2 amide bonds. The van der Waals surface area contributed by atoms with Gasteiger partial charge in [-0.1, -0.05) is 23.7 Å². The number of amides is 2. The minimum Gasteiger partial charge on any atom is -0.492 e. The third-order valence-corrected chi connectivity index (χ3v) is 4.25. The number of rotatable bonds is 6. The average molecular weight is 385 g/mol. The molecule has 0 radical (unpaired) electrons. The third-order valence-electron chi connectivity index (χ3n) is 4.01. The standard InChI is InChI=1S/C20H21ClN4O2/c1-15-9-10-22-25(15)18-7-4-6-17(14-18)23-20(26)24(2)11-12-27-19-8-3-5-16(21)13-19/h3-10,13-14H,11-12H2,1-2H3,(H,23,26). The van der Waals surface area contributed by atoms with Gasteiger partial charge in [-0.2, -0.15) is 5.10 Å². The lowest BCUT2D eigenvalue weighted by molar-refractivity contribution is 0.207. The van der Waals surface area contributed by atoms with E-state index in [9.17, 15) is 4.79 Å². The number of hydrogen-bond donors (Lipinski definition) is 1. The Hall–Kier alpha value is -2.99. The van der Waals surface area contributed by atoms with Gasteiger partial charge in [0.1, 0.15) is 12.4 Å². The van der Waals surface area contributed by atoms with E-state index in [1.807, 2.05) is 54.1 Å². The van der Waals surface area contributed by atoms with E-state index in [-0.39, 0.29) is 6.03 Å². The van der Waals surface area contributed by atoms with E-state index >= 15 is 0 Å². The van der Waals surface area contributed by atoms with Crippen LogP contribution in [0.5, 0.6) is 5.75 Å². The lowest BCUT2D eigenvalue weighted by Gasteiger charge is -2.18. The summed E-state index contributed by atoms with van der Waals surface area (Å²) >= 11 is 5.93. The summed E-state index contributed by atoms with van der Waals surface area (Å²) in [6.45, 7) is 2.79. The Morgan fingerprint density at radius 1 is 1.22 bits per heavy atom. The van der Waals surface area contributed by atoms with Crippen molar-refractivity contribution in [3.8, 4) is 11.4 Å². The Morgan fingerprint density at radius 3 is 2.78 bits per heavy atom. The molecular weight excluding hydrogens is 364 g/mol. The number of aromatic nitrogens is 2. The second-order valence-electron chi connectivity index (χ2n) is 6.09. The fourth-order valence-corrected chi connectivity index (χ4v) is 2.71. The highest BCUT2D eigenvalue weighted by atomic mass is 35.5. The number of benzene rings is 2. The molecule has 3 rings (SSSR count). The van der Waals surface area contributed by atoms with Crippen molar-refractivity contribution in [1.29, 1.82) is 0 Å². The number of halogens is 1. The van der Waals surface area contributed by atoms with Crippen molar-refractivity contribution in [3.63, 3.8) is 0 Å². The lowest BCUT2D eigenvalue weighted by atomic mass is 10.2. The predicted molar refractivity (Wildman–Crippen MR) is 107 cm³/mol. The van der Waals surface area contributed by atoms with Crippen molar-refractivity contribution in [3.05, 3.63) is 71.5 Å². The maximum absolute atomic E-state index is 12.4. The van der Waals surface area contributed by atoms with Crippen LogP contribution in [0, 0.1) is 6.92 Å². The van der Waals surface area contributed by atoms with Crippen LogP contribution in [0.3, 0.4) is 0 Å². The Kier molecular flexibility index (Phi) is 5.98. The number of nitrogens with one attached hydrogen (secondary N) is 1. The maximum Gasteiger partial charge on any atom is 0.321 e. The number of nitrogens with zero attached hydrogens (tertiary/aromatic N) is 3. The van der Waals surface area contributed by atoms with E-state index in [2.05, 4.69) is 10.4 Å². The molecule has 7 heteroatoms. The molecule has 0 aliphatic heterocycles. The first-order valence-corrected chi connectivity index (χ1v) is 8.92. The van der Waals surface area contributed by atoms with Gasteiger partial charge in [-0.25, -0.2) is 9.48 Å². The fourth-order valence-electron chi connectivity index (χ4n) is 2.53. The molecule has 0 saturated heterocycles. The van der Waals surface area contributed by atoms with Crippen LogP contribution >= 0.6 is 11.6 Å². The summed E-state index contributed by atoms with van der Waals surface area (Å²) in [4.78, 5) is 14.0. The molecule has 0 unspecified atom stereocenters. The van der Waals surface area contributed by atoms with Gasteiger partial charge in [-0.3, -0.25) is 0 Å². The Morgan fingerprint density at radius 2 is 2.04 bits per heavy atom. The van der Waals surface area contributed by atoms with Gasteiger partial charge in [0.05, 0.1) is 12.2 Å². The molecule has 3 aromatic rings. The van der Waals surface area contributed by atoms with Crippen LogP contribution in [0.1, 0.15) is 5.69 Å². The normalized spacial score (nSPS) is 10.5. The van der Waals surface area contributed by atoms with Crippen LogP contribution in [0.25, 0.3) is 5.69 Å². The predicted octanol–water partition coefficient (Wildman–Crippen LogP) is 4.38. The minimum absolute atomic E-state index is 0.209. The highest BCUT2D eigenvalue weighted by molar-refractivity contribution is 6.30. The van der Waals surface area contributed by atoms with Crippen LogP contribution in [0.4, 0.5) is 10.5 Å². The smallest absolute Gasteiger partial charge is 0.321 e. The quantitative estimate of drug-likeness (QED) is 0.686. The minimum atomic E-state index is -0.209. The number of anilines is 1. The summed E-state index contributed by atoms with van der Waals surface area (Å²) in [5, 5.41) is 7.79. The zero-order chi connectivity index (χ0) is 19.2. The highest BCUT2D eigenvalue weighted by Gasteiger charge is 2.10. The molecular formula is C20H21ClN4O2. The first-order valence-electron chi connectivity index (χ1n) is 8.54. The first kappa shape index (κ1) is 18.8. The molecule has 0 aliphatic carbocycles. The third kappa shape index (κ3) is 5.01. The summed E-state index contributed by atoms with van der Waals surface area (Å²) in [6, 6.07) is 16.4. The maximum atomic E-state index is 12.4. The van der Waals surface area contributed by atoms with Crippen molar-refractivity contribution in [1.82, 2.24) is 14.7 Å². The molecule has 1 heterocycles. The van der Waals surface area contributed by atoms with E-state index in [0.29, 0.717) is 29.6 Å². The molecule has 0 atom stereocenters. The summed E-state index contributed by atoms with van der Waals surface area (Å²) in [5.74, 6) is 0.679. The topological polar surface area (TPSA) is 59.4 Å². The fraction of sp³-hybridized carbons (Fsp3) is 0.200. The van der Waals surface area contributed by atoms with Crippen molar-refractivity contribution in [2.45, 2.75) is 6.92 Å². The number of likely N-dealkylation sites (N-methyl/N-ethyl adjacent to an activating group) is 1. The first-order chi connectivity index (χ1) is 13.0. The summed E-state index contributed by atoms with van der Waals surface area (Å²) in [6.07, 6.45) is 1.74. The number of hydrogen-bond acceptors (Lipinski definition) is 3. The monoisotopic (exact) mass is 384 g/mol. The Balaban J connectivity index is 1.54. The second-order valence-corrected chi connectivity index (χ2v) is 6.53. The zero-order valence-corrected chi connectivity index (χ0v) is 16.0. The largest absolute Gasteiger partial charge is 0.492 e. The summed E-state index contributed by atoms with van der Waals surface area (Å²) in [7, 11) is 1.72. The van der Waals surface area contributed by atoms with Gasteiger partial charge in [-0.05, 0) is 49.4 Å². The van der Waals surface area contributed by atoms with Gasteiger partial charge in [0.15, 0.2) is 0 Å². The molecule has 0 bridgehead atoms. The molecule has 2 aromatic carbocycles. The SMILES string of the molecule is Cc1ccnn1-c1cccc(NC(=O)N(C)CCOc2cccc(Cl)c2)c1. The van der Waals surface area contributed by atoms with Crippen LogP contribution < -0.4 is 10.1 Å². The number of ether oxygens (including phenoxy) is 1. The average Bonchev–Trinajstić information content (AvgIpc) is 3.08. The molecule has 1 N–H and O–H groups in total. The molecule has 0 saturated carbocycles. The van der Waals surface area contributed by atoms with Gasteiger partial charge in [0.2, 0.25) is 0 Å². The van der Waals surface area contributed by atoms with Crippen molar-refractivity contribution >= 4 is 23.3 Å². The Labute approximate surface area is 163 Å². The van der Waals surface area contributed by atoms with Gasteiger partial charge in [0, 0.05) is 29.6 Å². The van der Waals surface area contributed by atoms with Crippen LogP contribution in [0.15, 0.2) is 60.8 Å². The van der Waals surface area contributed by atoms with E-state index in [1.54, 1.807) is 30.3 Å². The van der Waals surface area contributed by atoms with Crippen LogP contribution in [0.2, 0.25) is 5.02 Å². The second kappa shape index (κ2) is 8.60. The molecule has 0 spiro atoms. The summed E-state index contributed by atoms with van der Waals surface area (Å²) in [5.41, 5.74) is 2.62. The van der Waals surface area contributed by atoms with Gasteiger partial charge >= 0.3 is 6.03 Å². The number of carbonyl (C=O) groups excluding carboxylic acids is 1. The Bertz CT molecular complexity index is 926. The van der Waals surface area contributed by atoms with E-state index in [4.69, 9.17) is 16.3 Å².